The standard InChI is InChI=1S/C14H21N3/c1-3-4-7-13-11(2)16-14(17-13)9-12-6-5-8-15-10-12/h3-4,7,12,15H,1,5-6,8-10H2,2H3,(H,16,17)/b7-4-. The van der Waals surface area contributed by atoms with Crippen molar-refractivity contribution in [3.63, 3.8) is 0 Å². The van der Waals surface area contributed by atoms with E-state index in [0.29, 0.717) is 0 Å². The summed E-state index contributed by atoms with van der Waals surface area (Å²) >= 11 is 0. The summed E-state index contributed by atoms with van der Waals surface area (Å²) in [7, 11) is 0. The largest absolute Gasteiger partial charge is 0.346 e. The van der Waals surface area contributed by atoms with Crippen LogP contribution in [0.25, 0.3) is 6.08 Å². The summed E-state index contributed by atoms with van der Waals surface area (Å²) in [5.74, 6) is 1.84. The molecule has 92 valence electrons. The van der Waals surface area contributed by atoms with Crippen molar-refractivity contribution >= 4 is 6.08 Å². The van der Waals surface area contributed by atoms with Crippen molar-refractivity contribution in [2.75, 3.05) is 13.1 Å². The molecule has 17 heavy (non-hydrogen) atoms. The van der Waals surface area contributed by atoms with Gasteiger partial charge in [0.1, 0.15) is 5.82 Å². The van der Waals surface area contributed by atoms with Crippen LogP contribution >= 0.6 is 0 Å². The van der Waals surface area contributed by atoms with Crippen molar-refractivity contribution in [1.29, 1.82) is 0 Å². The van der Waals surface area contributed by atoms with Crippen molar-refractivity contribution in [2.45, 2.75) is 26.2 Å². The molecule has 2 N–H and O–H groups in total. The van der Waals surface area contributed by atoms with E-state index < -0.39 is 0 Å². The predicted octanol–water partition coefficient (Wildman–Crippen LogP) is 2.46. The molecule has 3 nitrogen and oxygen atoms in total. The van der Waals surface area contributed by atoms with Crippen LogP contribution in [0.2, 0.25) is 0 Å². The van der Waals surface area contributed by atoms with Crippen LogP contribution in [0.5, 0.6) is 0 Å². The summed E-state index contributed by atoms with van der Waals surface area (Å²) in [6.45, 7) is 8.03. The van der Waals surface area contributed by atoms with Crippen LogP contribution < -0.4 is 5.32 Å². The Morgan fingerprint density at radius 1 is 1.53 bits per heavy atom. The van der Waals surface area contributed by atoms with Crippen molar-refractivity contribution in [3.05, 3.63) is 35.9 Å². The average molecular weight is 231 g/mol. The van der Waals surface area contributed by atoms with Crippen LogP contribution in [-0.2, 0) is 6.42 Å². The van der Waals surface area contributed by atoms with Crippen LogP contribution in [0.1, 0.15) is 30.1 Å². The molecular formula is C14H21N3. The van der Waals surface area contributed by atoms with Gasteiger partial charge in [-0.15, -0.1) is 0 Å². The molecule has 0 radical (unpaired) electrons. The summed E-state index contributed by atoms with van der Waals surface area (Å²) < 4.78 is 0. The molecule has 2 heterocycles. The number of hydrogen-bond donors (Lipinski definition) is 2. The average Bonchev–Trinajstić information content (AvgIpc) is 2.68. The Labute approximate surface area is 103 Å². The fourth-order valence-corrected chi connectivity index (χ4v) is 2.33. The third-order valence-corrected chi connectivity index (χ3v) is 3.24. The van der Waals surface area contributed by atoms with Gasteiger partial charge in [0.15, 0.2) is 0 Å². The molecule has 0 amide bonds. The highest BCUT2D eigenvalue weighted by atomic mass is 14.9. The lowest BCUT2D eigenvalue weighted by Gasteiger charge is -2.21. The fourth-order valence-electron chi connectivity index (χ4n) is 2.33. The Hall–Kier alpha value is -1.35. The van der Waals surface area contributed by atoms with Gasteiger partial charge in [0, 0.05) is 12.1 Å². The van der Waals surface area contributed by atoms with E-state index in [0.717, 1.165) is 36.1 Å². The second kappa shape index (κ2) is 5.82. The third kappa shape index (κ3) is 3.30. The first-order valence-corrected chi connectivity index (χ1v) is 6.35. The van der Waals surface area contributed by atoms with E-state index in [9.17, 15) is 0 Å². The molecule has 0 aromatic carbocycles. The minimum absolute atomic E-state index is 0.727. The molecule has 1 aliphatic heterocycles. The van der Waals surface area contributed by atoms with E-state index in [-0.39, 0.29) is 0 Å². The number of H-pyrrole nitrogens is 1. The van der Waals surface area contributed by atoms with Crippen LogP contribution in [0.3, 0.4) is 0 Å². The summed E-state index contributed by atoms with van der Waals surface area (Å²) in [6, 6.07) is 0. The molecule has 0 saturated carbocycles. The van der Waals surface area contributed by atoms with Crippen LogP contribution in [-0.4, -0.2) is 23.1 Å². The molecular weight excluding hydrogens is 210 g/mol. The number of nitrogens with one attached hydrogen (secondary N) is 2. The van der Waals surface area contributed by atoms with Gasteiger partial charge in [0.2, 0.25) is 0 Å². The number of allylic oxidation sites excluding steroid dienone is 2. The molecule has 1 fully saturated rings. The topological polar surface area (TPSA) is 40.7 Å². The van der Waals surface area contributed by atoms with E-state index in [1.165, 1.54) is 19.4 Å². The number of rotatable bonds is 4. The zero-order valence-corrected chi connectivity index (χ0v) is 10.5. The molecule has 3 heteroatoms. The van der Waals surface area contributed by atoms with Gasteiger partial charge in [0.25, 0.3) is 0 Å². The third-order valence-electron chi connectivity index (χ3n) is 3.24. The molecule has 1 aromatic rings. The monoisotopic (exact) mass is 231 g/mol. The lowest BCUT2D eigenvalue weighted by Crippen LogP contribution is -2.31. The normalized spacial score (nSPS) is 20.9. The molecule has 1 saturated heterocycles. The summed E-state index contributed by atoms with van der Waals surface area (Å²) in [6.07, 6.45) is 9.35. The molecule has 1 unspecified atom stereocenters. The van der Waals surface area contributed by atoms with E-state index in [1.54, 1.807) is 6.08 Å². The number of aromatic nitrogens is 2. The van der Waals surface area contributed by atoms with Crippen LogP contribution in [0.15, 0.2) is 18.7 Å². The first-order chi connectivity index (χ1) is 8.29. The first kappa shape index (κ1) is 12.1. The second-order valence-corrected chi connectivity index (χ2v) is 4.71. The number of aromatic amines is 1. The lowest BCUT2D eigenvalue weighted by molar-refractivity contribution is 0.371. The highest BCUT2D eigenvalue weighted by molar-refractivity contribution is 5.49. The van der Waals surface area contributed by atoms with Gasteiger partial charge in [-0.3, -0.25) is 0 Å². The molecule has 1 atom stereocenters. The SMILES string of the molecule is C=C/C=C\c1nc(CC2CCCNC2)[nH]c1C. The zero-order valence-electron chi connectivity index (χ0n) is 10.5. The maximum absolute atomic E-state index is 4.62. The van der Waals surface area contributed by atoms with Crippen LogP contribution in [0, 0.1) is 12.8 Å². The van der Waals surface area contributed by atoms with Gasteiger partial charge < -0.3 is 10.3 Å². The smallest absolute Gasteiger partial charge is 0.107 e. The maximum atomic E-state index is 4.62. The highest BCUT2D eigenvalue weighted by Crippen LogP contribution is 2.16. The van der Waals surface area contributed by atoms with Gasteiger partial charge in [-0.25, -0.2) is 4.98 Å². The van der Waals surface area contributed by atoms with Gasteiger partial charge in [-0.05, 0) is 44.8 Å². The van der Waals surface area contributed by atoms with Gasteiger partial charge in [0.05, 0.1) is 5.69 Å². The van der Waals surface area contributed by atoms with Crippen molar-refractivity contribution in [3.8, 4) is 0 Å². The second-order valence-electron chi connectivity index (χ2n) is 4.71. The molecule has 0 aliphatic carbocycles. The summed E-state index contributed by atoms with van der Waals surface area (Å²) in [5.41, 5.74) is 2.17. The summed E-state index contributed by atoms with van der Waals surface area (Å²) in [4.78, 5) is 8.00. The van der Waals surface area contributed by atoms with Crippen molar-refractivity contribution in [1.82, 2.24) is 15.3 Å². The van der Waals surface area contributed by atoms with Gasteiger partial charge in [-0.2, -0.15) is 0 Å². The minimum atomic E-state index is 0.727. The number of imidazole rings is 1. The van der Waals surface area contributed by atoms with E-state index in [1.807, 2.05) is 12.2 Å². The maximum Gasteiger partial charge on any atom is 0.107 e. The number of nitrogens with zero attached hydrogens (tertiary/aromatic N) is 1. The van der Waals surface area contributed by atoms with Crippen molar-refractivity contribution < 1.29 is 0 Å². The molecule has 1 aromatic heterocycles. The first-order valence-electron chi connectivity index (χ1n) is 6.35. The predicted molar refractivity (Wildman–Crippen MR) is 71.9 cm³/mol. The number of aryl methyl sites for hydroxylation is 1. The molecule has 1 aliphatic rings. The molecule has 2 rings (SSSR count). The minimum Gasteiger partial charge on any atom is -0.346 e. The number of piperidine rings is 1. The zero-order chi connectivity index (χ0) is 12.1. The van der Waals surface area contributed by atoms with Gasteiger partial charge >= 0.3 is 0 Å². The fraction of sp³-hybridized carbons (Fsp3) is 0.500. The Morgan fingerprint density at radius 2 is 2.41 bits per heavy atom. The molecule has 0 spiro atoms. The lowest BCUT2D eigenvalue weighted by atomic mass is 9.96. The Bertz CT molecular complexity index is 398. The van der Waals surface area contributed by atoms with E-state index >= 15 is 0 Å². The highest BCUT2D eigenvalue weighted by Gasteiger charge is 2.15. The number of hydrogen-bond acceptors (Lipinski definition) is 2. The quantitative estimate of drug-likeness (QED) is 0.781. The van der Waals surface area contributed by atoms with Crippen molar-refractivity contribution in [2.24, 2.45) is 5.92 Å². The van der Waals surface area contributed by atoms with Crippen LogP contribution in [0.4, 0.5) is 0 Å². The van der Waals surface area contributed by atoms with Gasteiger partial charge in [-0.1, -0.05) is 18.7 Å². The Morgan fingerprint density at radius 3 is 3.12 bits per heavy atom. The Kier molecular flexibility index (Phi) is 4.15. The summed E-state index contributed by atoms with van der Waals surface area (Å²) in [5, 5.41) is 3.44. The van der Waals surface area contributed by atoms with E-state index in [2.05, 4.69) is 28.8 Å². The molecule has 0 bridgehead atoms. The Balaban J connectivity index is 2.01. The van der Waals surface area contributed by atoms with E-state index in [4.69, 9.17) is 0 Å².